The molecule has 1 N–H and O–H groups in total. The predicted octanol–water partition coefficient (Wildman–Crippen LogP) is 5.26. The first-order valence-corrected chi connectivity index (χ1v) is 8.82. The summed E-state index contributed by atoms with van der Waals surface area (Å²) in [6.45, 7) is 8.21. The zero-order chi connectivity index (χ0) is 19.1. The molecule has 0 unspecified atom stereocenters. The molecule has 138 valence electrons. The Morgan fingerprint density at radius 1 is 1.00 bits per heavy atom. The van der Waals surface area contributed by atoms with Gasteiger partial charge in [-0.2, -0.15) is 0 Å². The Labute approximate surface area is 155 Å². The van der Waals surface area contributed by atoms with Crippen molar-refractivity contribution in [2.75, 3.05) is 12.4 Å². The van der Waals surface area contributed by atoms with Crippen LogP contribution in [0.1, 0.15) is 44.7 Å². The molecule has 2 rings (SSSR count). The van der Waals surface area contributed by atoms with E-state index in [2.05, 4.69) is 19.2 Å². The molecule has 26 heavy (non-hydrogen) atoms. The largest absolute Gasteiger partial charge is 0.493 e. The van der Waals surface area contributed by atoms with Gasteiger partial charge in [-0.1, -0.05) is 32.0 Å². The number of hydrogen-bond donors (Lipinski definition) is 1. The maximum absolute atomic E-state index is 12.1. The maximum atomic E-state index is 12.1. The molecule has 0 heterocycles. The maximum Gasteiger partial charge on any atom is 0.248 e. The summed E-state index contributed by atoms with van der Waals surface area (Å²) >= 11 is 0. The molecule has 4 nitrogen and oxygen atoms in total. The van der Waals surface area contributed by atoms with E-state index >= 15 is 0 Å². The normalized spacial score (nSPS) is 11.2. The van der Waals surface area contributed by atoms with E-state index in [1.807, 2.05) is 56.3 Å². The SMILES string of the molecule is COc1cc(C=CC(=O)Nc2ccc(C(C)C)cc2)ccc1OC(C)C. The first-order valence-electron chi connectivity index (χ1n) is 8.82. The summed E-state index contributed by atoms with van der Waals surface area (Å²) in [7, 11) is 1.60. The summed E-state index contributed by atoms with van der Waals surface area (Å²) in [6, 6.07) is 13.5. The topological polar surface area (TPSA) is 47.6 Å². The number of rotatable bonds is 7. The summed E-state index contributed by atoms with van der Waals surface area (Å²) < 4.78 is 11.1. The summed E-state index contributed by atoms with van der Waals surface area (Å²) in [5, 5.41) is 2.86. The number of carbonyl (C=O) groups is 1. The van der Waals surface area contributed by atoms with Crippen LogP contribution in [0.5, 0.6) is 11.5 Å². The van der Waals surface area contributed by atoms with E-state index in [0.717, 1.165) is 11.3 Å². The Kier molecular flexibility index (Phi) is 6.84. The molecule has 0 spiro atoms. The van der Waals surface area contributed by atoms with Crippen LogP contribution in [0.3, 0.4) is 0 Å². The molecule has 0 aliphatic rings. The lowest BCUT2D eigenvalue weighted by Crippen LogP contribution is -2.08. The van der Waals surface area contributed by atoms with Crippen LogP contribution in [-0.4, -0.2) is 19.1 Å². The molecular weight excluding hydrogens is 326 g/mol. The minimum absolute atomic E-state index is 0.0677. The van der Waals surface area contributed by atoms with Crippen LogP contribution in [0.4, 0.5) is 5.69 Å². The second-order valence-corrected chi connectivity index (χ2v) is 6.68. The van der Waals surface area contributed by atoms with Crippen LogP contribution in [0, 0.1) is 0 Å². The Bertz CT molecular complexity index is 761. The highest BCUT2D eigenvalue weighted by atomic mass is 16.5. The van der Waals surface area contributed by atoms with Crippen LogP contribution in [-0.2, 0) is 4.79 Å². The van der Waals surface area contributed by atoms with E-state index in [4.69, 9.17) is 9.47 Å². The van der Waals surface area contributed by atoms with Crippen molar-refractivity contribution in [3.8, 4) is 11.5 Å². The van der Waals surface area contributed by atoms with E-state index in [9.17, 15) is 4.79 Å². The molecule has 2 aromatic carbocycles. The third kappa shape index (κ3) is 5.66. The van der Waals surface area contributed by atoms with Gasteiger partial charge in [0.1, 0.15) is 0 Å². The summed E-state index contributed by atoms with van der Waals surface area (Å²) in [5.41, 5.74) is 2.89. The van der Waals surface area contributed by atoms with Gasteiger partial charge < -0.3 is 14.8 Å². The van der Waals surface area contributed by atoms with Crippen molar-refractivity contribution in [3.63, 3.8) is 0 Å². The van der Waals surface area contributed by atoms with E-state index in [1.54, 1.807) is 13.2 Å². The van der Waals surface area contributed by atoms with Gasteiger partial charge >= 0.3 is 0 Å². The molecule has 0 atom stereocenters. The quantitative estimate of drug-likeness (QED) is 0.691. The molecule has 0 radical (unpaired) electrons. The van der Waals surface area contributed by atoms with Crippen molar-refractivity contribution in [3.05, 3.63) is 59.7 Å². The summed E-state index contributed by atoms with van der Waals surface area (Å²) in [6.07, 6.45) is 3.33. The molecule has 0 aliphatic heterocycles. The van der Waals surface area contributed by atoms with E-state index in [-0.39, 0.29) is 12.0 Å². The van der Waals surface area contributed by atoms with E-state index < -0.39 is 0 Å². The second kappa shape index (κ2) is 9.09. The third-order valence-electron chi connectivity index (χ3n) is 3.82. The minimum atomic E-state index is -0.177. The summed E-state index contributed by atoms with van der Waals surface area (Å²) in [5.74, 6) is 1.63. The van der Waals surface area contributed by atoms with Crippen molar-refractivity contribution in [2.24, 2.45) is 0 Å². The fourth-order valence-corrected chi connectivity index (χ4v) is 2.45. The van der Waals surface area contributed by atoms with Crippen LogP contribution in [0.25, 0.3) is 6.08 Å². The number of benzene rings is 2. The van der Waals surface area contributed by atoms with Gasteiger partial charge in [0.05, 0.1) is 13.2 Å². The molecule has 0 fully saturated rings. The van der Waals surface area contributed by atoms with Crippen LogP contribution < -0.4 is 14.8 Å². The van der Waals surface area contributed by atoms with Gasteiger partial charge in [0.25, 0.3) is 0 Å². The van der Waals surface area contributed by atoms with Crippen molar-refractivity contribution in [1.29, 1.82) is 0 Å². The van der Waals surface area contributed by atoms with Crippen molar-refractivity contribution in [1.82, 2.24) is 0 Å². The zero-order valence-electron chi connectivity index (χ0n) is 16.1. The van der Waals surface area contributed by atoms with Crippen LogP contribution in [0.2, 0.25) is 0 Å². The molecule has 0 bridgehead atoms. The molecule has 0 saturated carbocycles. The fraction of sp³-hybridized carbons (Fsp3) is 0.318. The molecule has 0 aromatic heterocycles. The highest BCUT2D eigenvalue weighted by Gasteiger charge is 2.07. The molecule has 0 saturated heterocycles. The standard InChI is InChI=1S/C22H27NO3/c1-15(2)18-8-10-19(11-9-18)23-22(24)13-7-17-6-12-20(26-16(3)4)21(14-17)25-5/h6-16H,1-5H3,(H,23,24). The lowest BCUT2D eigenvalue weighted by atomic mass is 10.0. The fourth-order valence-electron chi connectivity index (χ4n) is 2.45. The average molecular weight is 353 g/mol. The van der Waals surface area contributed by atoms with Crippen LogP contribution in [0.15, 0.2) is 48.5 Å². The van der Waals surface area contributed by atoms with E-state index in [0.29, 0.717) is 17.4 Å². The minimum Gasteiger partial charge on any atom is -0.493 e. The monoisotopic (exact) mass is 353 g/mol. The van der Waals surface area contributed by atoms with Gasteiger partial charge in [0.2, 0.25) is 5.91 Å². The number of anilines is 1. The Hall–Kier alpha value is -2.75. The molecular formula is C22H27NO3. The summed E-state index contributed by atoms with van der Waals surface area (Å²) in [4.78, 5) is 12.1. The highest BCUT2D eigenvalue weighted by molar-refractivity contribution is 6.01. The second-order valence-electron chi connectivity index (χ2n) is 6.68. The van der Waals surface area contributed by atoms with Crippen molar-refractivity contribution < 1.29 is 14.3 Å². The molecule has 2 aromatic rings. The van der Waals surface area contributed by atoms with Crippen LogP contribution >= 0.6 is 0 Å². The first kappa shape index (κ1) is 19.6. The van der Waals surface area contributed by atoms with E-state index in [1.165, 1.54) is 11.6 Å². The number of methoxy groups -OCH3 is 1. The van der Waals surface area contributed by atoms with Gasteiger partial charge in [-0.25, -0.2) is 0 Å². The lowest BCUT2D eigenvalue weighted by Gasteiger charge is -2.13. The Balaban J connectivity index is 2.03. The highest BCUT2D eigenvalue weighted by Crippen LogP contribution is 2.29. The van der Waals surface area contributed by atoms with Gasteiger partial charge in [0.15, 0.2) is 11.5 Å². The first-order chi connectivity index (χ1) is 12.4. The van der Waals surface area contributed by atoms with Gasteiger partial charge in [0, 0.05) is 11.8 Å². The number of carbonyl (C=O) groups excluding carboxylic acids is 1. The lowest BCUT2D eigenvalue weighted by molar-refractivity contribution is -0.111. The van der Waals surface area contributed by atoms with Crippen molar-refractivity contribution in [2.45, 2.75) is 39.7 Å². The molecule has 0 aliphatic carbocycles. The van der Waals surface area contributed by atoms with Gasteiger partial charge in [-0.05, 0) is 61.2 Å². The molecule has 1 amide bonds. The number of hydrogen-bond acceptors (Lipinski definition) is 3. The predicted molar refractivity (Wildman–Crippen MR) is 107 cm³/mol. The number of amides is 1. The zero-order valence-corrected chi connectivity index (χ0v) is 16.1. The van der Waals surface area contributed by atoms with Gasteiger partial charge in [-0.15, -0.1) is 0 Å². The third-order valence-corrected chi connectivity index (χ3v) is 3.82. The molecule has 4 heteroatoms. The average Bonchev–Trinajstić information content (AvgIpc) is 2.60. The van der Waals surface area contributed by atoms with Gasteiger partial charge in [-0.3, -0.25) is 4.79 Å². The smallest absolute Gasteiger partial charge is 0.248 e. The Morgan fingerprint density at radius 3 is 2.27 bits per heavy atom. The number of ether oxygens (including phenoxy) is 2. The van der Waals surface area contributed by atoms with Crippen molar-refractivity contribution >= 4 is 17.7 Å². The number of nitrogens with one attached hydrogen (secondary N) is 1. The Morgan fingerprint density at radius 2 is 1.69 bits per heavy atom.